The van der Waals surface area contributed by atoms with Crippen LogP contribution in [0.2, 0.25) is 0 Å². The van der Waals surface area contributed by atoms with Gasteiger partial charge < -0.3 is 28.7 Å². The van der Waals surface area contributed by atoms with E-state index in [1.165, 1.54) is 24.0 Å². The number of alkyl halides is 2. The predicted molar refractivity (Wildman–Crippen MR) is 156 cm³/mol. The molecule has 6 rings (SSSR count). The number of nitrogens with zero attached hydrogens (tertiary/aromatic N) is 4. The van der Waals surface area contributed by atoms with E-state index in [-0.39, 0.29) is 49.8 Å². The second-order valence-electron chi connectivity index (χ2n) is 11.1. The van der Waals surface area contributed by atoms with E-state index in [0.717, 1.165) is 19.3 Å². The lowest BCUT2D eigenvalue weighted by Gasteiger charge is -2.20. The maximum Gasteiger partial charge on any atom is 0.256 e. The average molecular weight is 597 g/mol. The van der Waals surface area contributed by atoms with Crippen LogP contribution < -0.4 is 18.9 Å². The Morgan fingerprint density at radius 1 is 0.698 bits per heavy atom. The molecular formula is C31H34F2N4O6. The van der Waals surface area contributed by atoms with E-state index in [1.807, 2.05) is 0 Å². The fourth-order valence-corrected chi connectivity index (χ4v) is 5.96. The van der Waals surface area contributed by atoms with Crippen molar-refractivity contribution >= 4 is 35.6 Å². The van der Waals surface area contributed by atoms with Gasteiger partial charge in [-0.25, -0.2) is 8.78 Å². The molecule has 4 atom stereocenters. The first kappa shape index (κ1) is 28.9. The lowest BCUT2D eigenvalue weighted by Crippen LogP contribution is -2.35. The Bertz CT molecular complexity index is 1360. The van der Waals surface area contributed by atoms with Crippen molar-refractivity contribution < 1.29 is 37.3 Å². The number of carbonyl (C=O) groups excluding carboxylic acids is 2. The highest BCUT2D eigenvalue weighted by Gasteiger charge is 2.39. The van der Waals surface area contributed by atoms with Crippen LogP contribution in [0.25, 0.3) is 0 Å². The number of benzene rings is 2. The highest BCUT2D eigenvalue weighted by atomic mass is 19.1. The van der Waals surface area contributed by atoms with Gasteiger partial charge in [0.15, 0.2) is 23.0 Å². The monoisotopic (exact) mass is 596 g/mol. The standard InChI is InChI=1S/C31H34F2N4O6/c1-40-26-10-22-24(34-14-20-8-18(32)16-36(20)30(22)38)12-28(26)42-6-4-3-5-7-43-29-13-25-23(11-27(29)41-2)31(39)37-17-19(33)9-21(37)15-35-25/h10-15,18-21H,3-9,16-17H2,1-2H3/t18-,19-,20+,21+/m1/s1. The number of methoxy groups -OCH3 is 2. The summed E-state index contributed by atoms with van der Waals surface area (Å²) in [5.74, 6) is 1.29. The van der Waals surface area contributed by atoms with Crippen molar-refractivity contribution in [2.24, 2.45) is 9.98 Å². The largest absolute Gasteiger partial charge is 0.493 e. The number of halogens is 2. The van der Waals surface area contributed by atoms with Gasteiger partial charge in [0.1, 0.15) is 12.3 Å². The molecular weight excluding hydrogens is 562 g/mol. The van der Waals surface area contributed by atoms with Crippen molar-refractivity contribution in [2.75, 3.05) is 40.5 Å². The number of hydrogen-bond donors (Lipinski definition) is 0. The average Bonchev–Trinajstić information content (AvgIpc) is 3.51. The van der Waals surface area contributed by atoms with Crippen molar-refractivity contribution in [1.82, 2.24) is 9.80 Å². The zero-order valence-corrected chi connectivity index (χ0v) is 24.1. The SMILES string of the molecule is COc1cc2c(cc1OCCCCCOc1cc3c(cc1OC)C(=O)N1C[C@H](F)C[C@H]1C=N3)N=C[C@@H]1C[C@@H](F)CN1C2=O. The molecule has 12 heteroatoms. The third-order valence-electron chi connectivity index (χ3n) is 8.21. The Hall–Kier alpha value is -4.22. The number of rotatable bonds is 10. The summed E-state index contributed by atoms with van der Waals surface area (Å²) in [4.78, 5) is 38.0. The quantitative estimate of drug-likeness (QED) is 0.363. The van der Waals surface area contributed by atoms with Crippen LogP contribution >= 0.6 is 0 Å². The molecule has 4 aliphatic rings. The molecule has 10 nitrogen and oxygen atoms in total. The van der Waals surface area contributed by atoms with Gasteiger partial charge in [-0.05, 0) is 31.4 Å². The lowest BCUT2D eigenvalue weighted by atomic mass is 10.1. The smallest absolute Gasteiger partial charge is 0.256 e. The van der Waals surface area contributed by atoms with Crippen LogP contribution in [0.4, 0.5) is 20.2 Å². The third-order valence-corrected chi connectivity index (χ3v) is 8.21. The van der Waals surface area contributed by atoms with Crippen LogP contribution in [-0.2, 0) is 0 Å². The summed E-state index contributed by atoms with van der Waals surface area (Å²) in [5, 5.41) is 0. The number of hydrogen-bond acceptors (Lipinski definition) is 8. The molecule has 0 saturated carbocycles. The maximum atomic E-state index is 13.9. The molecule has 2 fully saturated rings. The van der Waals surface area contributed by atoms with E-state index in [4.69, 9.17) is 18.9 Å². The van der Waals surface area contributed by atoms with Gasteiger partial charge in [-0.3, -0.25) is 19.6 Å². The molecule has 0 bridgehead atoms. The van der Waals surface area contributed by atoms with E-state index in [9.17, 15) is 18.4 Å². The van der Waals surface area contributed by atoms with Gasteiger partial charge in [-0.15, -0.1) is 0 Å². The molecule has 4 aliphatic heterocycles. The Morgan fingerprint density at radius 2 is 1.14 bits per heavy atom. The molecule has 2 aromatic rings. The summed E-state index contributed by atoms with van der Waals surface area (Å²) in [6.07, 6.45) is 3.97. The third kappa shape index (κ3) is 5.74. The molecule has 2 saturated heterocycles. The normalized spacial score (nSPS) is 23.7. The summed E-state index contributed by atoms with van der Waals surface area (Å²) >= 11 is 0. The summed E-state index contributed by atoms with van der Waals surface area (Å²) in [6.45, 7) is 0.962. The Morgan fingerprint density at radius 3 is 1.56 bits per heavy atom. The van der Waals surface area contributed by atoms with E-state index in [1.54, 1.807) is 36.7 Å². The van der Waals surface area contributed by atoms with Crippen LogP contribution in [0.3, 0.4) is 0 Å². The van der Waals surface area contributed by atoms with Gasteiger partial charge in [0.25, 0.3) is 11.8 Å². The highest BCUT2D eigenvalue weighted by Crippen LogP contribution is 2.40. The number of fused-ring (bicyclic) bond motifs is 4. The molecule has 0 spiro atoms. The van der Waals surface area contributed by atoms with Gasteiger partial charge in [0, 0.05) is 37.4 Å². The van der Waals surface area contributed by atoms with Crippen LogP contribution in [0.1, 0.15) is 52.8 Å². The first-order valence-electron chi connectivity index (χ1n) is 14.5. The lowest BCUT2D eigenvalue weighted by molar-refractivity contribution is 0.0758. The van der Waals surface area contributed by atoms with E-state index >= 15 is 0 Å². The number of unbranched alkanes of at least 4 members (excludes halogenated alkanes) is 2. The molecule has 0 N–H and O–H groups in total. The summed E-state index contributed by atoms with van der Waals surface area (Å²) in [5.41, 5.74) is 1.69. The van der Waals surface area contributed by atoms with Gasteiger partial charge >= 0.3 is 0 Å². The van der Waals surface area contributed by atoms with Crippen molar-refractivity contribution in [3.8, 4) is 23.0 Å². The van der Waals surface area contributed by atoms with E-state index in [2.05, 4.69) is 9.98 Å². The van der Waals surface area contributed by atoms with Crippen molar-refractivity contribution in [3.63, 3.8) is 0 Å². The van der Waals surface area contributed by atoms with Crippen molar-refractivity contribution in [2.45, 2.75) is 56.5 Å². The van der Waals surface area contributed by atoms with Crippen LogP contribution in [0.5, 0.6) is 23.0 Å². The van der Waals surface area contributed by atoms with Crippen LogP contribution in [0, 0.1) is 0 Å². The van der Waals surface area contributed by atoms with Crippen LogP contribution in [0.15, 0.2) is 34.3 Å². The molecule has 43 heavy (non-hydrogen) atoms. The van der Waals surface area contributed by atoms with Gasteiger partial charge in [-0.2, -0.15) is 0 Å². The first-order valence-corrected chi connectivity index (χ1v) is 14.5. The molecule has 2 amide bonds. The molecule has 4 heterocycles. The minimum atomic E-state index is -1.05. The van der Waals surface area contributed by atoms with E-state index in [0.29, 0.717) is 58.7 Å². The number of carbonyl (C=O) groups is 2. The van der Waals surface area contributed by atoms with Gasteiger partial charge in [0.2, 0.25) is 0 Å². The number of ether oxygens (including phenoxy) is 4. The highest BCUT2D eigenvalue weighted by molar-refractivity contribution is 6.04. The van der Waals surface area contributed by atoms with Gasteiger partial charge in [0.05, 0.1) is 75.1 Å². The predicted octanol–water partition coefficient (Wildman–Crippen LogP) is 4.87. The second kappa shape index (κ2) is 12.2. The summed E-state index contributed by atoms with van der Waals surface area (Å²) < 4.78 is 50.7. The molecule has 0 unspecified atom stereocenters. The van der Waals surface area contributed by atoms with Gasteiger partial charge in [-0.1, -0.05) is 0 Å². The molecule has 0 aliphatic carbocycles. The van der Waals surface area contributed by atoms with Crippen LogP contribution in [-0.4, -0.2) is 99.0 Å². The maximum absolute atomic E-state index is 13.9. The van der Waals surface area contributed by atoms with Crippen molar-refractivity contribution in [3.05, 3.63) is 35.4 Å². The summed E-state index contributed by atoms with van der Waals surface area (Å²) in [7, 11) is 3.01. The molecule has 0 aromatic heterocycles. The zero-order valence-electron chi connectivity index (χ0n) is 24.1. The molecule has 2 aromatic carbocycles. The summed E-state index contributed by atoms with van der Waals surface area (Å²) in [6, 6.07) is 5.91. The topological polar surface area (TPSA) is 102 Å². The number of amides is 2. The van der Waals surface area contributed by atoms with E-state index < -0.39 is 12.3 Å². The first-order chi connectivity index (χ1) is 20.9. The minimum Gasteiger partial charge on any atom is -0.493 e. The minimum absolute atomic E-state index is 0.0627. The Kier molecular flexibility index (Phi) is 8.18. The Labute approximate surface area is 248 Å². The Balaban J connectivity index is 1.02. The number of aliphatic imine (C=N–C) groups is 2. The fraction of sp³-hybridized carbons (Fsp3) is 0.484. The second-order valence-corrected chi connectivity index (χ2v) is 11.1. The fourth-order valence-electron chi connectivity index (χ4n) is 5.96. The molecule has 228 valence electrons. The molecule has 0 radical (unpaired) electrons. The zero-order chi connectivity index (χ0) is 30.1. The van der Waals surface area contributed by atoms with Crippen molar-refractivity contribution in [1.29, 1.82) is 0 Å².